The van der Waals surface area contributed by atoms with E-state index in [1.807, 2.05) is 33.2 Å². The van der Waals surface area contributed by atoms with E-state index in [0.717, 1.165) is 21.7 Å². The van der Waals surface area contributed by atoms with Crippen LogP contribution >= 0.6 is 11.3 Å². The second-order valence-corrected chi connectivity index (χ2v) is 13.2. The third kappa shape index (κ3) is 6.35. The number of aromatic nitrogens is 1. The van der Waals surface area contributed by atoms with Gasteiger partial charge < -0.3 is 20.6 Å². The van der Waals surface area contributed by atoms with Crippen molar-refractivity contribution in [1.82, 2.24) is 20.5 Å². The molecule has 3 N–H and O–H groups in total. The van der Waals surface area contributed by atoms with Gasteiger partial charge in [0, 0.05) is 25.2 Å². The molecule has 1 aliphatic carbocycles. The van der Waals surface area contributed by atoms with Crippen LogP contribution in [0.4, 0.5) is 4.39 Å². The average molecular weight is 557 g/mol. The Labute approximate surface area is 234 Å². The number of aryl methyl sites for hydroxylation is 1. The van der Waals surface area contributed by atoms with Crippen LogP contribution in [0.1, 0.15) is 76.6 Å². The molecule has 1 aromatic heterocycles. The normalized spacial score (nSPS) is 21.1. The summed E-state index contributed by atoms with van der Waals surface area (Å²) in [6, 6.07) is 5.07. The number of hydrogen-bond donors (Lipinski definition) is 3. The number of rotatable bonds is 9. The Morgan fingerprint density at radius 3 is 2.56 bits per heavy atom. The number of aliphatic hydroxyl groups excluding tert-OH is 1. The molecule has 1 aromatic carbocycles. The lowest BCUT2D eigenvalue weighted by molar-refractivity contribution is -0.141. The molecule has 2 aromatic rings. The lowest BCUT2D eigenvalue weighted by atomic mass is 9.85. The zero-order valence-corrected chi connectivity index (χ0v) is 24.6. The summed E-state index contributed by atoms with van der Waals surface area (Å²) in [7, 11) is 0. The number of benzene rings is 1. The number of alkyl halides is 1. The quantitative estimate of drug-likeness (QED) is 0.411. The minimum atomic E-state index is -1.87. The average Bonchev–Trinajstić information content (AvgIpc) is 3.28. The van der Waals surface area contributed by atoms with Gasteiger partial charge in [-0.15, -0.1) is 11.3 Å². The van der Waals surface area contributed by atoms with Gasteiger partial charge in [0.05, 0.1) is 28.2 Å². The van der Waals surface area contributed by atoms with Crippen LogP contribution in [-0.2, 0) is 16.1 Å². The molecule has 0 bridgehead atoms. The van der Waals surface area contributed by atoms with Crippen LogP contribution in [0.2, 0.25) is 0 Å². The van der Waals surface area contributed by atoms with Crippen LogP contribution in [0, 0.1) is 12.3 Å². The highest BCUT2D eigenvalue weighted by atomic mass is 32.1. The van der Waals surface area contributed by atoms with Gasteiger partial charge in [0.2, 0.25) is 5.91 Å². The number of carbonyl (C=O) groups is 2. The van der Waals surface area contributed by atoms with Gasteiger partial charge in [0.1, 0.15) is 6.04 Å². The van der Waals surface area contributed by atoms with E-state index >= 15 is 0 Å². The fourth-order valence-corrected chi connectivity index (χ4v) is 5.94. The van der Waals surface area contributed by atoms with E-state index in [0.29, 0.717) is 24.6 Å². The van der Waals surface area contributed by atoms with E-state index in [1.165, 1.54) is 5.56 Å². The maximum Gasteiger partial charge on any atom is 0.258 e. The van der Waals surface area contributed by atoms with E-state index in [-0.39, 0.29) is 25.3 Å². The lowest BCUT2D eigenvalue weighted by Gasteiger charge is -2.36. The maximum atomic E-state index is 14.4. The van der Waals surface area contributed by atoms with Crippen LogP contribution in [0.25, 0.3) is 10.4 Å². The molecule has 4 rings (SSSR count). The van der Waals surface area contributed by atoms with Crippen LogP contribution in [0.15, 0.2) is 36.0 Å². The Morgan fingerprint density at radius 2 is 2.00 bits per heavy atom. The number of likely N-dealkylation sites (tertiary alicyclic amines) is 1. The number of nitrogens with one attached hydrogen (secondary N) is 2. The highest BCUT2D eigenvalue weighted by molar-refractivity contribution is 7.13. The molecule has 39 heavy (non-hydrogen) atoms. The Bertz CT molecular complexity index is 1250. The lowest BCUT2D eigenvalue weighted by Crippen LogP contribution is -2.57. The van der Waals surface area contributed by atoms with Crippen LogP contribution in [-0.4, -0.2) is 57.2 Å². The first kappa shape index (κ1) is 29.2. The van der Waals surface area contributed by atoms with Gasteiger partial charge >= 0.3 is 0 Å². The third-order valence-electron chi connectivity index (χ3n) is 7.73. The van der Waals surface area contributed by atoms with E-state index in [2.05, 4.69) is 54.2 Å². The first-order valence-electron chi connectivity index (χ1n) is 13.7. The molecule has 7 nitrogen and oxygen atoms in total. The van der Waals surface area contributed by atoms with Crippen molar-refractivity contribution in [3.63, 3.8) is 0 Å². The molecule has 212 valence electrons. The molecular weight excluding hydrogens is 515 g/mol. The number of aliphatic hydroxyl groups is 1. The second-order valence-electron chi connectivity index (χ2n) is 12.3. The smallest absolute Gasteiger partial charge is 0.258 e. The van der Waals surface area contributed by atoms with Crippen molar-refractivity contribution in [3.8, 4) is 10.4 Å². The first-order valence-corrected chi connectivity index (χ1v) is 14.5. The van der Waals surface area contributed by atoms with Crippen LogP contribution in [0.5, 0.6) is 0 Å². The summed E-state index contributed by atoms with van der Waals surface area (Å²) in [6.07, 6.45) is -0.00815. The van der Waals surface area contributed by atoms with Crippen molar-refractivity contribution in [3.05, 3.63) is 52.8 Å². The Hall–Kier alpha value is -2.78. The zero-order chi connectivity index (χ0) is 28.7. The molecule has 1 saturated heterocycles. The number of hydrogen-bond acceptors (Lipinski definition) is 6. The fourth-order valence-electron chi connectivity index (χ4n) is 5.14. The van der Waals surface area contributed by atoms with Crippen molar-refractivity contribution in [2.75, 3.05) is 6.54 Å². The number of halogens is 1. The standard InChI is InChI=1S/C30H41FN4O3S/c1-17(2)23-12-20(25-19(4)33-16-39-25)8-9-21(23)14-32-18(3)24-13-22(36)15-35(24)27(37)26(29(5,6)7)34-28(38)30(31)10-11-30/h8-9,12,16-17,22,24,26,32,36H,3,10-11,13-15H2,1-2,4-7H3,(H,34,38)/t22-,24+,26-/m1/s1. The summed E-state index contributed by atoms with van der Waals surface area (Å²) >= 11 is 1.63. The molecule has 3 atom stereocenters. The minimum Gasteiger partial charge on any atom is -0.391 e. The topological polar surface area (TPSA) is 94.6 Å². The van der Waals surface area contributed by atoms with Crippen molar-refractivity contribution in [2.24, 2.45) is 5.41 Å². The Balaban J connectivity index is 1.49. The molecule has 2 aliphatic rings. The van der Waals surface area contributed by atoms with Gasteiger partial charge in [0.25, 0.3) is 5.91 Å². The Kier molecular flexibility index (Phi) is 8.24. The van der Waals surface area contributed by atoms with Crippen molar-refractivity contribution in [1.29, 1.82) is 0 Å². The van der Waals surface area contributed by atoms with Gasteiger partial charge in [-0.05, 0) is 53.9 Å². The van der Waals surface area contributed by atoms with Gasteiger partial charge in [-0.25, -0.2) is 9.37 Å². The number of carbonyl (C=O) groups excluding carboxylic acids is 2. The summed E-state index contributed by atoms with van der Waals surface area (Å²) in [5.41, 5.74) is 4.48. The predicted molar refractivity (Wildman–Crippen MR) is 153 cm³/mol. The second kappa shape index (κ2) is 11.0. The molecule has 1 saturated carbocycles. The number of β-amino-alcohol motifs (C(OH)–C–C–N with tert-alkyl or cyclic N) is 1. The molecule has 2 heterocycles. The molecule has 2 amide bonds. The van der Waals surface area contributed by atoms with E-state index in [9.17, 15) is 19.1 Å². The van der Waals surface area contributed by atoms with Crippen molar-refractivity contribution in [2.45, 2.75) is 97.1 Å². The number of thiazole rings is 1. The minimum absolute atomic E-state index is 0.132. The van der Waals surface area contributed by atoms with E-state index < -0.39 is 35.2 Å². The van der Waals surface area contributed by atoms with Crippen LogP contribution in [0.3, 0.4) is 0 Å². The maximum absolute atomic E-state index is 14.4. The van der Waals surface area contributed by atoms with Gasteiger partial charge in [-0.3, -0.25) is 9.59 Å². The summed E-state index contributed by atoms with van der Waals surface area (Å²) in [5.74, 6) is -0.769. The third-order valence-corrected chi connectivity index (χ3v) is 8.71. The molecule has 1 aliphatic heterocycles. The van der Waals surface area contributed by atoms with Crippen molar-refractivity contribution < 1.29 is 19.1 Å². The number of amides is 2. The monoisotopic (exact) mass is 556 g/mol. The Morgan fingerprint density at radius 1 is 1.31 bits per heavy atom. The van der Waals surface area contributed by atoms with E-state index in [1.54, 1.807) is 16.2 Å². The largest absolute Gasteiger partial charge is 0.391 e. The zero-order valence-electron chi connectivity index (χ0n) is 23.8. The highest BCUT2D eigenvalue weighted by Crippen LogP contribution is 2.40. The fraction of sp³-hybridized carbons (Fsp3) is 0.567. The molecule has 0 radical (unpaired) electrons. The van der Waals surface area contributed by atoms with Crippen LogP contribution < -0.4 is 10.6 Å². The summed E-state index contributed by atoms with van der Waals surface area (Å²) < 4.78 is 14.4. The summed E-state index contributed by atoms with van der Waals surface area (Å²) in [5, 5.41) is 16.6. The molecule has 2 fully saturated rings. The predicted octanol–water partition coefficient (Wildman–Crippen LogP) is 4.84. The SMILES string of the molecule is C=C(NCc1ccc(-c2scnc2C)cc1C(C)C)[C@@H]1C[C@@H](O)CN1C(=O)[C@@H](NC(=O)C1(F)CC1)C(C)(C)C. The van der Waals surface area contributed by atoms with Gasteiger partial charge in [-0.1, -0.05) is 53.3 Å². The molecular formula is C30H41FN4O3S. The highest BCUT2D eigenvalue weighted by Gasteiger charge is 2.53. The molecule has 9 heteroatoms. The molecule has 0 unspecified atom stereocenters. The van der Waals surface area contributed by atoms with E-state index in [4.69, 9.17) is 0 Å². The number of nitrogens with zero attached hydrogens (tertiary/aromatic N) is 2. The first-order chi connectivity index (χ1) is 18.2. The molecule has 0 spiro atoms. The summed E-state index contributed by atoms with van der Waals surface area (Å²) in [4.78, 5) is 33.4. The van der Waals surface area contributed by atoms with Gasteiger partial charge in [-0.2, -0.15) is 0 Å². The van der Waals surface area contributed by atoms with Gasteiger partial charge in [0.15, 0.2) is 5.67 Å². The van der Waals surface area contributed by atoms with Crippen molar-refractivity contribution >= 4 is 23.2 Å². The summed E-state index contributed by atoms with van der Waals surface area (Å²) in [6.45, 7) is 16.7.